The van der Waals surface area contributed by atoms with Crippen LogP contribution in [0, 0.1) is 5.92 Å². The van der Waals surface area contributed by atoms with E-state index in [1.165, 1.54) is 17.5 Å². The van der Waals surface area contributed by atoms with Crippen molar-refractivity contribution in [3.8, 4) is 0 Å². The molecule has 0 N–H and O–H groups in total. The number of hydrogen-bond donors (Lipinski definition) is 0. The van der Waals surface area contributed by atoms with Gasteiger partial charge in [0.2, 0.25) is 5.91 Å². The number of nitrogens with zero attached hydrogens (tertiary/aromatic N) is 4. The lowest BCUT2D eigenvalue weighted by molar-refractivity contribution is -0.131. The van der Waals surface area contributed by atoms with Gasteiger partial charge in [0.1, 0.15) is 5.52 Å². The number of carbonyl (C=O) groups excluding carboxylic acids is 1. The van der Waals surface area contributed by atoms with Gasteiger partial charge in [0.05, 0.1) is 11.9 Å². The molecule has 1 heterocycles. The van der Waals surface area contributed by atoms with Gasteiger partial charge in [-0.15, -0.1) is 5.10 Å². The fourth-order valence-electron chi connectivity index (χ4n) is 2.73. The maximum absolute atomic E-state index is 12.4. The highest BCUT2D eigenvalue weighted by Gasteiger charge is 2.26. The Labute approximate surface area is 135 Å². The van der Waals surface area contributed by atoms with Crippen LogP contribution in [0.25, 0.3) is 10.9 Å². The molecule has 1 aromatic heterocycles. The Hall–Kier alpha value is -2.24. The summed E-state index contributed by atoms with van der Waals surface area (Å²) in [5.74, 6) is 0.772. The van der Waals surface area contributed by atoms with Gasteiger partial charge < -0.3 is 4.90 Å². The molecule has 6 nitrogen and oxygen atoms in total. The lowest BCUT2D eigenvalue weighted by Crippen LogP contribution is -2.35. The molecule has 6 heteroatoms. The van der Waals surface area contributed by atoms with Crippen LogP contribution in [0.5, 0.6) is 0 Å². The molecule has 23 heavy (non-hydrogen) atoms. The topological polar surface area (TPSA) is 68.1 Å². The van der Waals surface area contributed by atoms with Crippen LogP contribution in [-0.4, -0.2) is 38.9 Å². The highest BCUT2D eigenvalue weighted by Crippen LogP contribution is 2.29. The van der Waals surface area contributed by atoms with Crippen LogP contribution in [0.1, 0.15) is 32.6 Å². The van der Waals surface area contributed by atoms with Crippen molar-refractivity contribution in [2.75, 3.05) is 13.1 Å². The quantitative estimate of drug-likeness (QED) is 0.782. The second-order valence-electron chi connectivity index (χ2n) is 6.17. The molecule has 0 saturated heterocycles. The summed E-state index contributed by atoms with van der Waals surface area (Å²) in [6.45, 7) is 3.99. The summed E-state index contributed by atoms with van der Waals surface area (Å²) in [6, 6.07) is 7.13. The van der Waals surface area contributed by atoms with E-state index in [2.05, 4.69) is 17.2 Å². The van der Waals surface area contributed by atoms with Gasteiger partial charge in [-0.25, -0.2) is 4.68 Å². The van der Waals surface area contributed by atoms with Crippen LogP contribution in [0.3, 0.4) is 0 Å². The zero-order valence-corrected chi connectivity index (χ0v) is 13.4. The number of carbonyl (C=O) groups is 1. The molecule has 0 bridgehead atoms. The van der Waals surface area contributed by atoms with Crippen molar-refractivity contribution in [1.29, 1.82) is 0 Å². The predicted molar refractivity (Wildman–Crippen MR) is 88.0 cm³/mol. The van der Waals surface area contributed by atoms with Crippen molar-refractivity contribution >= 4 is 16.8 Å². The van der Waals surface area contributed by atoms with Crippen molar-refractivity contribution in [1.82, 2.24) is 19.9 Å². The van der Waals surface area contributed by atoms with Gasteiger partial charge in [0.25, 0.3) is 5.56 Å². The Morgan fingerprint density at radius 2 is 2.13 bits per heavy atom. The molecule has 1 aliphatic rings. The lowest BCUT2D eigenvalue weighted by atomic mass is 10.2. The Morgan fingerprint density at radius 1 is 1.35 bits per heavy atom. The van der Waals surface area contributed by atoms with E-state index in [1.807, 2.05) is 11.0 Å². The summed E-state index contributed by atoms with van der Waals surface area (Å²) in [6.07, 6.45) is 3.69. The van der Waals surface area contributed by atoms with Gasteiger partial charge in [0, 0.05) is 19.5 Å². The third-order valence-electron chi connectivity index (χ3n) is 4.19. The third kappa shape index (κ3) is 3.75. The van der Waals surface area contributed by atoms with Gasteiger partial charge >= 0.3 is 0 Å². The number of rotatable bonds is 7. The summed E-state index contributed by atoms with van der Waals surface area (Å²) in [5, 5.41) is 8.53. The Morgan fingerprint density at radius 3 is 2.87 bits per heavy atom. The Kier molecular flexibility index (Phi) is 4.69. The van der Waals surface area contributed by atoms with Crippen molar-refractivity contribution in [3.63, 3.8) is 0 Å². The summed E-state index contributed by atoms with van der Waals surface area (Å²) in [4.78, 5) is 26.7. The molecule has 0 spiro atoms. The number of aromatic nitrogens is 3. The summed E-state index contributed by atoms with van der Waals surface area (Å²) in [7, 11) is 0. The summed E-state index contributed by atoms with van der Waals surface area (Å²) < 4.78 is 1.29. The molecule has 1 fully saturated rings. The molecule has 122 valence electrons. The Balaban J connectivity index is 1.68. The zero-order chi connectivity index (χ0) is 16.2. The first kappa shape index (κ1) is 15.6. The van der Waals surface area contributed by atoms with Gasteiger partial charge in [-0.05, 0) is 37.3 Å². The first-order valence-electron chi connectivity index (χ1n) is 8.29. The van der Waals surface area contributed by atoms with E-state index < -0.39 is 0 Å². The van der Waals surface area contributed by atoms with Gasteiger partial charge in [-0.1, -0.05) is 24.3 Å². The standard InChI is InChI=1S/C17H22N4O2/c1-2-10-20(12-13-7-8-13)16(22)9-11-21-17(23)14-5-3-4-6-15(14)18-19-21/h3-6,13H,2,7-12H2,1H3. The van der Waals surface area contributed by atoms with E-state index in [4.69, 9.17) is 0 Å². The van der Waals surface area contributed by atoms with E-state index in [9.17, 15) is 9.59 Å². The summed E-state index contributed by atoms with van der Waals surface area (Å²) >= 11 is 0. The van der Waals surface area contributed by atoms with Crippen LogP contribution in [0.15, 0.2) is 29.1 Å². The smallest absolute Gasteiger partial charge is 0.277 e. The van der Waals surface area contributed by atoms with Crippen LogP contribution in [0.2, 0.25) is 0 Å². The molecule has 0 radical (unpaired) electrons. The summed E-state index contributed by atoms with van der Waals surface area (Å²) in [5.41, 5.74) is 0.397. The molecule has 0 aliphatic heterocycles. The van der Waals surface area contributed by atoms with Crippen LogP contribution in [0.4, 0.5) is 0 Å². The molecule has 2 aromatic rings. The van der Waals surface area contributed by atoms with E-state index in [-0.39, 0.29) is 18.0 Å². The number of benzene rings is 1. The second-order valence-corrected chi connectivity index (χ2v) is 6.17. The maximum Gasteiger partial charge on any atom is 0.277 e. The molecule has 0 unspecified atom stereocenters. The average Bonchev–Trinajstić information content (AvgIpc) is 3.38. The van der Waals surface area contributed by atoms with Crippen molar-refractivity contribution in [2.45, 2.75) is 39.2 Å². The normalized spacial score (nSPS) is 14.1. The fraction of sp³-hybridized carbons (Fsp3) is 0.529. The predicted octanol–water partition coefficient (Wildman–Crippen LogP) is 1.83. The monoisotopic (exact) mass is 314 g/mol. The van der Waals surface area contributed by atoms with Crippen LogP contribution in [-0.2, 0) is 11.3 Å². The maximum atomic E-state index is 12.4. The van der Waals surface area contributed by atoms with E-state index in [0.29, 0.717) is 23.2 Å². The minimum Gasteiger partial charge on any atom is -0.342 e. The molecular weight excluding hydrogens is 292 g/mol. The van der Waals surface area contributed by atoms with Crippen LogP contribution >= 0.6 is 0 Å². The molecule has 3 rings (SSSR count). The molecule has 1 aromatic carbocycles. The van der Waals surface area contributed by atoms with Crippen molar-refractivity contribution in [2.24, 2.45) is 5.92 Å². The second kappa shape index (κ2) is 6.89. The largest absolute Gasteiger partial charge is 0.342 e. The SMILES string of the molecule is CCCN(CC1CC1)C(=O)CCn1nnc2ccccc2c1=O. The zero-order valence-electron chi connectivity index (χ0n) is 13.4. The van der Waals surface area contributed by atoms with Gasteiger partial charge in [-0.2, -0.15) is 0 Å². The molecule has 1 aliphatic carbocycles. The van der Waals surface area contributed by atoms with Crippen molar-refractivity contribution in [3.05, 3.63) is 34.6 Å². The van der Waals surface area contributed by atoms with E-state index in [1.54, 1.807) is 18.2 Å². The molecule has 1 amide bonds. The van der Waals surface area contributed by atoms with Crippen molar-refractivity contribution < 1.29 is 4.79 Å². The highest BCUT2D eigenvalue weighted by molar-refractivity contribution is 5.77. The van der Waals surface area contributed by atoms with Gasteiger partial charge in [-0.3, -0.25) is 9.59 Å². The van der Waals surface area contributed by atoms with E-state index >= 15 is 0 Å². The number of aryl methyl sites for hydroxylation is 1. The molecule has 0 atom stereocenters. The first-order chi connectivity index (χ1) is 11.2. The van der Waals surface area contributed by atoms with Gasteiger partial charge in [0.15, 0.2) is 0 Å². The minimum absolute atomic E-state index is 0.0978. The lowest BCUT2D eigenvalue weighted by Gasteiger charge is -2.22. The van der Waals surface area contributed by atoms with E-state index in [0.717, 1.165) is 19.5 Å². The first-order valence-corrected chi connectivity index (χ1v) is 8.29. The third-order valence-corrected chi connectivity index (χ3v) is 4.19. The Bertz CT molecular complexity index is 752. The minimum atomic E-state index is -0.187. The van der Waals surface area contributed by atoms with Crippen LogP contribution < -0.4 is 5.56 Å². The highest BCUT2D eigenvalue weighted by atomic mass is 16.2. The number of amides is 1. The molecule has 1 saturated carbocycles. The number of hydrogen-bond acceptors (Lipinski definition) is 4. The molecular formula is C17H22N4O2. The fourth-order valence-corrected chi connectivity index (χ4v) is 2.73. The number of fused-ring (bicyclic) bond motifs is 1. The average molecular weight is 314 g/mol.